The molecule has 1 amide bonds. The summed E-state index contributed by atoms with van der Waals surface area (Å²) in [5.74, 6) is 0.385. The fourth-order valence-corrected chi connectivity index (χ4v) is 3.16. The lowest BCUT2D eigenvalue weighted by molar-refractivity contribution is 0.102. The van der Waals surface area contributed by atoms with Gasteiger partial charge in [0.1, 0.15) is 11.3 Å². The van der Waals surface area contributed by atoms with Gasteiger partial charge in [-0.05, 0) is 38.8 Å². The van der Waals surface area contributed by atoms with Crippen LogP contribution in [0.4, 0.5) is 11.4 Å². The Balaban J connectivity index is 1.84. The Bertz CT molecular complexity index is 666. The maximum absolute atomic E-state index is 12.6. The van der Waals surface area contributed by atoms with E-state index in [2.05, 4.69) is 21.4 Å². The average molecular weight is 313 g/mol. The van der Waals surface area contributed by atoms with Crippen LogP contribution in [0.3, 0.4) is 0 Å². The lowest BCUT2D eigenvalue weighted by atomic mass is 10.1. The van der Waals surface area contributed by atoms with E-state index in [-0.39, 0.29) is 5.91 Å². The first-order valence-corrected chi connectivity index (χ1v) is 8.25. The number of nitrogens with one attached hydrogen (secondary N) is 1. The highest BCUT2D eigenvalue weighted by Crippen LogP contribution is 2.28. The van der Waals surface area contributed by atoms with Crippen molar-refractivity contribution in [3.8, 4) is 0 Å². The molecule has 2 heterocycles. The molecular weight excluding hydrogens is 290 g/mol. The van der Waals surface area contributed by atoms with Crippen LogP contribution in [0, 0.1) is 13.8 Å². The molecule has 2 aromatic rings. The number of anilines is 2. The summed E-state index contributed by atoms with van der Waals surface area (Å²) in [6, 6.07) is 8.00. The monoisotopic (exact) mass is 313 g/mol. The highest BCUT2D eigenvalue weighted by Gasteiger charge is 2.20. The van der Waals surface area contributed by atoms with Crippen LogP contribution in [0.15, 0.2) is 28.8 Å². The van der Waals surface area contributed by atoms with E-state index in [1.54, 1.807) is 13.8 Å². The van der Waals surface area contributed by atoms with Crippen LogP contribution in [0.5, 0.6) is 0 Å². The highest BCUT2D eigenvalue weighted by molar-refractivity contribution is 6.07. The molecule has 122 valence electrons. The Kier molecular flexibility index (Phi) is 4.65. The van der Waals surface area contributed by atoms with Crippen molar-refractivity contribution < 1.29 is 9.32 Å². The zero-order valence-corrected chi connectivity index (χ0v) is 13.8. The predicted molar refractivity (Wildman–Crippen MR) is 91.1 cm³/mol. The largest absolute Gasteiger partial charge is 0.370 e. The number of benzene rings is 1. The van der Waals surface area contributed by atoms with Gasteiger partial charge in [-0.2, -0.15) is 0 Å². The Morgan fingerprint density at radius 3 is 2.48 bits per heavy atom. The van der Waals surface area contributed by atoms with Crippen molar-refractivity contribution in [2.45, 2.75) is 39.5 Å². The van der Waals surface area contributed by atoms with Crippen molar-refractivity contribution >= 4 is 17.3 Å². The summed E-state index contributed by atoms with van der Waals surface area (Å²) in [7, 11) is 0. The molecule has 23 heavy (non-hydrogen) atoms. The van der Waals surface area contributed by atoms with E-state index >= 15 is 0 Å². The molecule has 1 aromatic heterocycles. The summed E-state index contributed by atoms with van der Waals surface area (Å²) in [6.45, 7) is 5.62. The molecule has 1 N–H and O–H groups in total. The fourth-order valence-electron chi connectivity index (χ4n) is 3.16. The Hall–Kier alpha value is -2.30. The Morgan fingerprint density at radius 2 is 1.83 bits per heavy atom. The molecule has 0 unspecified atom stereocenters. The first-order valence-electron chi connectivity index (χ1n) is 8.25. The molecule has 0 spiro atoms. The first-order chi connectivity index (χ1) is 11.2. The van der Waals surface area contributed by atoms with Gasteiger partial charge < -0.3 is 14.7 Å². The molecule has 5 nitrogen and oxygen atoms in total. The van der Waals surface area contributed by atoms with E-state index in [4.69, 9.17) is 4.52 Å². The van der Waals surface area contributed by atoms with Gasteiger partial charge in [0.2, 0.25) is 0 Å². The number of para-hydroxylation sites is 2. The van der Waals surface area contributed by atoms with E-state index in [0.29, 0.717) is 17.0 Å². The summed E-state index contributed by atoms with van der Waals surface area (Å²) < 4.78 is 5.10. The van der Waals surface area contributed by atoms with Crippen molar-refractivity contribution in [1.82, 2.24) is 5.16 Å². The summed E-state index contributed by atoms with van der Waals surface area (Å²) in [4.78, 5) is 15.0. The quantitative estimate of drug-likeness (QED) is 0.933. The minimum Gasteiger partial charge on any atom is -0.370 e. The maximum atomic E-state index is 12.6. The smallest absolute Gasteiger partial charge is 0.261 e. The number of aryl methyl sites for hydroxylation is 2. The molecule has 1 aliphatic heterocycles. The van der Waals surface area contributed by atoms with Crippen LogP contribution < -0.4 is 10.2 Å². The van der Waals surface area contributed by atoms with Crippen molar-refractivity contribution in [2.75, 3.05) is 23.3 Å². The van der Waals surface area contributed by atoms with Gasteiger partial charge in [-0.25, -0.2) is 0 Å². The molecule has 0 bridgehead atoms. The Morgan fingerprint density at radius 1 is 1.13 bits per heavy atom. The predicted octanol–water partition coefficient (Wildman–Crippen LogP) is 3.92. The normalized spacial score (nSPS) is 15.3. The van der Waals surface area contributed by atoms with Gasteiger partial charge in [0.05, 0.1) is 17.1 Å². The average Bonchev–Trinajstić information content (AvgIpc) is 2.76. The molecule has 3 rings (SSSR count). The van der Waals surface area contributed by atoms with Crippen LogP contribution >= 0.6 is 0 Å². The number of nitrogens with zero attached hydrogens (tertiary/aromatic N) is 2. The zero-order valence-electron chi connectivity index (χ0n) is 13.8. The number of carbonyl (C=O) groups is 1. The van der Waals surface area contributed by atoms with E-state index in [0.717, 1.165) is 24.5 Å². The number of aromatic nitrogens is 1. The highest BCUT2D eigenvalue weighted by atomic mass is 16.5. The second-order valence-corrected chi connectivity index (χ2v) is 6.07. The molecule has 0 radical (unpaired) electrons. The molecule has 1 aliphatic rings. The molecule has 0 saturated carbocycles. The van der Waals surface area contributed by atoms with Crippen LogP contribution in [-0.2, 0) is 0 Å². The molecule has 1 saturated heterocycles. The number of amides is 1. The van der Waals surface area contributed by atoms with Crippen molar-refractivity contribution in [3.63, 3.8) is 0 Å². The van der Waals surface area contributed by atoms with Gasteiger partial charge in [0.25, 0.3) is 5.91 Å². The van der Waals surface area contributed by atoms with Crippen molar-refractivity contribution in [3.05, 3.63) is 41.3 Å². The van der Waals surface area contributed by atoms with Crippen molar-refractivity contribution in [2.24, 2.45) is 0 Å². The van der Waals surface area contributed by atoms with Crippen LogP contribution in [0.1, 0.15) is 47.5 Å². The summed E-state index contributed by atoms with van der Waals surface area (Å²) in [5, 5.41) is 6.89. The maximum Gasteiger partial charge on any atom is 0.261 e. The third-order valence-electron chi connectivity index (χ3n) is 4.36. The number of hydrogen-bond acceptors (Lipinski definition) is 4. The Labute approximate surface area is 136 Å². The molecular formula is C18H23N3O2. The number of carbonyl (C=O) groups excluding carboxylic acids is 1. The molecule has 5 heteroatoms. The molecule has 0 aliphatic carbocycles. The lowest BCUT2D eigenvalue weighted by Crippen LogP contribution is -2.25. The second kappa shape index (κ2) is 6.86. The van der Waals surface area contributed by atoms with Gasteiger partial charge in [0, 0.05) is 13.1 Å². The standard InChI is InChI=1S/C18H23N3O2/c1-13-17(14(2)23-20-13)18(22)19-15-9-5-6-10-16(15)21-11-7-3-4-8-12-21/h5-6,9-10H,3-4,7-8,11-12H2,1-2H3,(H,19,22). The third kappa shape index (κ3) is 3.38. The zero-order chi connectivity index (χ0) is 16.2. The van der Waals surface area contributed by atoms with Crippen molar-refractivity contribution in [1.29, 1.82) is 0 Å². The number of rotatable bonds is 3. The van der Waals surface area contributed by atoms with E-state index in [1.165, 1.54) is 25.7 Å². The third-order valence-corrected chi connectivity index (χ3v) is 4.36. The minimum atomic E-state index is -0.163. The van der Waals surface area contributed by atoms with Crippen LogP contribution in [-0.4, -0.2) is 24.2 Å². The second-order valence-electron chi connectivity index (χ2n) is 6.07. The summed E-state index contributed by atoms with van der Waals surface area (Å²) >= 11 is 0. The fraction of sp³-hybridized carbons (Fsp3) is 0.444. The van der Waals surface area contributed by atoms with Gasteiger partial charge in [-0.3, -0.25) is 4.79 Å². The van der Waals surface area contributed by atoms with Crippen LogP contribution in [0.2, 0.25) is 0 Å². The van der Waals surface area contributed by atoms with E-state index in [1.807, 2.05) is 18.2 Å². The minimum absolute atomic E-state index is 0.163. The van der Waals surface area contributed by atoms with E-state index < -0.39 is 0 Å². The SMILES string of the molecule is Cc1noc(C)c1C(=O)Nc1ccccc1N1CCCCCC1. The summed E-state index contributed by atoms with van der Waals surface area (Å²) in [5.41, 5.74) is 3.08. The summed E-state index contributed by atoms with van der Waals surface area (Å²) in [6.07, 6.45) is 4.96. The lowest BCUT2D eigenvalue weighted by Gasteiger charge is -2.25. The molecule has 0 atom stereocenters. The van der Waals surface area contributed by atoms with Gasteiger partial charge in [0.15, 0.2) is 0 Å². The molecule has 1 aromatic carbocycles. The van der Waals surface area contributed by atoms with Crippen LogP contribution in [0.25, 0.3) is 0 Å². The van der Waals surface area contributed by atoms with Gasteiger partial charge in [-0.1, -0.05) is 30.1 Å². The number of hydrogen-bond donors (Lipinski definition) is 1. The van der Waals surface area contributed by atoms with Gasteiger partial charge >= 0.3 is 0 Å². The molecule has 1 fully saturated rings. The topological polar surface area (TPSA) is 58.4 Å². The van der Waals surface area contributed by atoms with E-state index in [9.17, 15) is 4.79 Å². The first kappa shape index (κ1) is 15.6. The van der Waals surface area contributed by atoms with Gasteiger partial charge in [-0.15, -0.1) is 0 Å².